The second kappa shape index (κ2) is 26.3. The number of ketones is 1. The Morgan fingerprint density at radius 1 is 0.556 bits per heavy atom. The molecule has 0 unspecified atom stereocenters. The molecule has 0 radical (unpaired) electrons. The maximum Gasteiger partial charge on any atom is 0.305 e. The Bertz CT molecular complexity index is 2690. The lowest BCUT2D eigenvalue weighted by Gasteiger charge is -2.27. The number of H-pyrrole nitrogens is 3. The number of rotatable bonds is 29. The number of fused-ring (bicyclic) bond motifs is 1. The average Bonchev–Trinajstić information content (AvgIpc) is 4.14. The number of imidazole rings is 2. The molecule has 0 bridgehead atoms. The van der Waals surface area contributed by atoms with Crippen LogP contribution in [0.15, 0.2) is 85.8 Å². The van der Waals surface area contributed by atoms with Gasteiger partial charge in [-0.2, -0.15) is 0 Å². The number of benzene rings is 2. The molecule has 7 amide bonds. The van der Waals surface area contributed by atoms with Gasteiger partial charge in [0.15, 0.2) is 5.78 Å². The van der Waals surface area contributed by atoms with Crippen LogP contribution in [0.3, 0.4) is 0 Å². The number of para-hydroxylation sites is 1. The lowest BCUT2D eigenvalue weighted by Crippen LogP contribution is -2.61. The topological polar surface area (TPSA) is 395 Å². The second-order valence-corrected chi connectivity index (χ2v) is 16.8. The maximum atomic E-state index is 14.6. The van der Waals surface area contributed by atoms with Crippen LogP contribution in [0.4, 0.5) is 0 Å². The molecule has 0 aliphatic carbocycles. The number of primary amides is 1. The minimum absolute atomic E-state index is 0.191. The summed E-state index contributed by atoms with van der Waals surface area (Å²) < 4.78 is 0. The standard InChI is InChI=1S/C47H57N13O12/c1-25(61)31(12-13-40(63)64)55-44(69)35(16-28-21-50-23-53-28)58-46(71)37(18-39(48)62)59-45(70)36(17-29-22-51-24-54-29)57-43(68)34(15-27-20-52-32-11-7-6-10-30(27)32)56-47(72)38(19-41(65)66)60-42(67)33(49-2)14-26-8-4-3-5-9-26/h3-11,20-24,31,33-38,49,52H,12-19H2,1-2H3,(H2,48,62)(H,50,53)(H,51,54)(H,55,69)(H,56,72)(H,57,68)(H,58,71)(H,59,70)(H,60,67)(H,63,64)(H,65,66)/t31-,33-,34-,35-,36-,37-,38-/m0/s1. The summed E-state index contributed by atoms with van der Waals surface area (Å²) in [6, 6.07) is 5.78. The van der Waals surface area contributed by atoms with Crippen molar-refractivity contribution in [2.75, 3.05) is 7.05 Å². The molecule has 0 saturated carbocycles. The number of hydrogen-bond acceptors (Lipinski definition) is 13. The number of carbonyl (C=O) groups is 10. The number of Topliss-reactive ketones (excluding diaryl/α,β-unsaturated/α-hetero) is 1. The first-order valence-electron chi connectivity index (χ1n) is 22.7. The normalized spacial score (nSPS) is 14.0. The smallest absolute Gasteiger partial charge is 0.305 e. The molecule has 0 aliphatic rings. The molecule has 5 aromatic rings. The summed E-state index contributed by atoms with van der Waals surface area (Å²) in [7, 11) is 1.53. The third-order valence-electron chi connectivity index (χ3n) is 11.4. The van der Waals surface area contributed by atoms with Crippen LogP contribution in [0.2, 0.25) is 0 Å². The highest BCUT2D eigenvalue weighted by Gasteiger charge is 2.36. The SMILES string of the molecule is CN[C@@H](Cc1ccccc1)C(=O)N[C@@H](CC(=O)O)C(=O)N[C@@H](Cc1c[nH]c2ccccc12)C(=O)N[C@@H](Cc1cnc[nH]1)C(=O)N[C@@H](CC(N)=O)C(=O)N[C@@H](Cc1cnc[nH]1)C(=O)N[C@@H](CCC(=O)O)C(C)=O. The molecule has 3 heterocycles. The Morgan fingerprint density at radius 3 is 1.51 bits per heavy atom. The van der Waals surface area contributed by atoms with Gasteiger partial charge in [0, 0.05) is 66.6 Å². The van der Waals surface area contributed by atoms with Crippen LogP contribution in [-0.2, 0) is 73.6 Å². The molecule has 0 saturated heterocycles. The van der Waals surface area contributed by atoms with E-state index in [1.807, 2.05) is 0 Å². The number of nitrogens with zero attached hydrogens (tertiary/aromatic N) is 2. The summed E-state index contributed by atoms with van der Waals surface area (Å²) in [6.07, 6.45) is 3.91. The number of aliphatic carboxylic acids is 2. The summed E-state index contributed by atoms with van der Waals surface area (Å²) in [5.41, 5.74) is 8.17. The van der Waals surface area contributed by atoms with Crippen molar-refractivity contribution in [3.63, 3.8) is 0 Å². The molecule has 7 atom stereocenters. The Kier molecular flexibility index (Phi) is 19.8. The first-order valence-corrected chi connectivity index (χ1v) is 22.7. The predicted molar refractivity (Wildman–Crippen MR) is 255 cm³/mol. The highest BCUT2D eigenvalue weighted by molar-refractivity contribution is 5.99. The van der Waals surface area contributed by atoms with Gasteiger partial charge in [0.05, 0.1) is 37.6 Å². The molecule has 0 aliphatic heterocycles. The van der Waals surface area contributed by atoms with Gasteiger partial charge in [0.25, 0.3) is 0 Å². The van der Waals surface area contributed by atoms with E-state index in [0.29, 0.717) is 27.9 Å². The van der Waals surface area contributed by atoms with Crippen molar-refractivity contribution in [2.45, 2.75) is 101 Å². The molecule has 5 rings (SSSR count). The molecule has 0 fully saturated rings. The van der Waals surface area contributed by atoms with Crippen LogP contribution < -0.4 is 43.0 Å². The molecule has 2 aromatic carbocycles. The van der Waals surface area contributed by atoms with E-state index >= 15 is 0 Å². The van der Waals surface area contributed by atoms with Crippen molar-refractivity contribution in [2.24, 2.45) is 5.73 Å². The van der Waals surface area contributed by atoms with Crippen LogP contribution >= 0.6 is 0 Å². The van der Waals surface area contributed by atoms with Gasteiger partial charge in [-0.25, -0.2) is 9.97 Å². The quantitative estimate of drug-likeness (QED) is 0.0251. The Morgan fingerprint density at radius 2 is 1.03 bits per heavy atom. The van der Waals surface area contributed by atoms with Gasteiger partial charge in [0.1, 0.15) is 30.2 Å². The number of hydrogen-bond donors (Lipinski definition) is 13. The monoisotopic (exact) mass is 995 g/mol. The summed E-state index contributed by atoms with van der Waals surface area (Å²) in [6.45, 7) is 1.15. The fraction of sp³-hybridized carbons (Fsp3) is 0.362. The molecule has 72 heavy (non-hydrogen) atoms. The first kappa shape index (κ1) is 54.2. The zero-order valence-corrected chi connectivity index (χ0v) is 39.2. The molecule has 25 heteroatoms. The Balaban J connectivity index is 1.41. The van der Waals surface area contributed by atoms with Gasteiger partial charge >= 0.3 is 11.9 Å². The summed E-state index contributed by atoms with van der Waals surface area (Å²) >= 11 is 0. The van der Waals surface area contributed by atoms with E-state index in [-0.39, 0.29) is 32.1 Å². The van der Waals surface area contributed by atoms with Crippen molar-refractivity contribution in [1.82, 2.24) is 62.1 Å². The van der Waals surface area contributed by atoms with Gasteiger partial charge in [-0.1, -0.05) is 48.5 Å². The third kappa shape index (κ3) is 16.5. The fourth-order valence-corrected chi connectivity index (χ4v) is 7.63. The number of aromatic nitrogens is 5. The van der Waals surface area contributed by atoms with E-state index in [1.165, 1.54) is 32.1 Å². The van der Waals surface area contributed by atoms with Crippen LogP contribution in [0.5, 0.6) is 0 Å². The van der Waals surface area contributed by atoms with Crippen molar-refractivity contribution in [3.8, 4) is 0 Å². The molecule has 3 aromatic heterocycles. The summed E-state index contributed by atoms with van der Waals surface area (Å²) in [5, 5.41) is 37.6. The largest absolute Gasteiger partial charge is 0.481 e. The number of carbonyl (C=O) groups excluding carboxylic acids is 8. The third-order valence-corrected chi connectivity index (χ3v) is 11.4. The van der Waals surface area contributed by atoms with Crippen molar-refractivity contribution < 1.29 is 58.2 Å². The molecular formula is C47H57N13O12. The van der Waals surface area contributed by atoms with Gasteiger partial charge in [0.2, 0.25) is 41.4 Å². The Labute approximate surface area is 411 Å². The molecule has 25 nitrogen and oxygen atoms in total. The summed E-state index contributed by atoms with van der Waals surface area (Å²) in [4.78, 5) is 149. The zero-order valence-electron chi connectivity index (χ0n) is 39.2. The van der Waals surface area contributed by atoms with Crippen LogP contribution in [0, 0.1) is 0 Å². The van der Waals surface area contributed by atoms with Gasteiger partial charge < -0.3 is 68.1 Å². The van der Waals surface area contributed by atoms with Crippen LogP contribution in [0.1, 0.15) is 55.1 Å². The fourth-order valence-electron chi connectivity index (χ4n) is 7.63. The minimum atomic E-state index is -1.78. The Hall–Kier alpha value is -8.74. The first-order chi connectivity index (χ1) is 34.4. The molecule has 382 valence electrons. The minimum Gasteiger partial charge on any atom is -0.481 e. The number of carboxylic acids is 2. The molecular weight excluding hydrogens is 939 g/mol. The number of nitrogens with one attached hydrogen (secondary N) is 10. The van der Waals surface area contributed by atoms with Crippen molar-refractivity contribution in [1.29, 1.82) is 0 Å². The highest BCUT2D eigenvalue weighted by Crippen LogP contribution is 2.20. The average molecular weight is 996 g/mol. The number of amides is 7. The number of carboxylic acid groups (broad SMARTS) is 2. The van der Waals surface area contributed by atoms with E-state index < -0.39 is 121 Å². The molecule has 0 spiro atoms. The van der Waals surface area contributed by atoms with Crippen LogP contribution in [-0.4, -0.2) is 144 Å². The van der Waals surface area contributed by atoms with Crippen LogP contribution in [0.25, 0.3) is 10.9 Å². The number of aromatic amines is 3. The van der Waals surface area contributed by atoms with Crippen molar-refractivity contribution in [3.05, 3.63) is 108 Å². The van der Waals surface area contributed by atoms with Gasteiger partial charge in [-0.3, -0.25) is 47.9 Å². The lowest BCUT2D eigenvalue weighted by atomic mass is 10.0. The van der Waals surface area contributed by atoms with Gasteiger partial charge in [-0.05, 0) is 44.0 Å². The van der Waals surface area contributed by atoms with E-state index in [0.717, 1.165) is 12.5 Å². The van der Waals surface area contributed by atoms with E-state index in [4.69, 9.17) is 5.73 Å². The van der Waals surface area contributed by atoms with Crippen molar-refractivity contribution >= 4 is 70.0 Å². The maximum absolute atomic E-state index is 14.6. The van der Waals surface area contributed by atoms with E-state index in [9.17, 15) is 58.2 Å². The zero-order chi connectivity index (χ0) is 52.3. The van der Waals surface area contributed by atoms with E-state index in [1.54, 1.807) is 60.8 Å². The lowest BCUT2D eigenvalue weighted by molar-refractivity contribution is -0.141. The second-order valence-electron chi connectivity index (χ2n) is 16.8. The molecule has 14 N–H and O–H groups in total. The van der Waals surface area contributed by atoms with E-state index in [2.05, 4.69) is 62.1 Å². The predicted octanol–water partition coefficient (Wildman–Crippen LogP) is -1.81. The summed E-state index contributed by atoms with van der Waals surface area (Å²) in [5.74, 6) is -10.1. The number of nitrogens with two attached hydrogens (primary N) is 1. The van der Waals surface area contributed by atoms with Gasteiger partial charge in [-0.15, -0.1) is 0 Å². The highest BCUT2D eigenvalue weighted by atomic mass is 16.4. The number of likely N-dealkylation sites (N-methyl/N-ethyl adjacent to an activating group) is 1.